The van der Waals surface area contributed by atoms with Gasteiger partial charge in [-0.25, -0.2) is 0 Å². The highest BCUT2D eigenvalue weighted by atomic mass is 15.3. The maximum atomic E-state index is 4.61. The van der Waals surface area contributed by atoms with Crippen molar-refractivity contribution in [1.29, 1.82) is 0 Å². The lowest BCUT2D eigenvalue weighted by Crippen LogP contribution is -2.12. The van der Waals surface area contributed by atoms with Crippen LogP contribution in [0.25, 0.3) is 0 Å². The first-order valence-corrected chi connectivity index (χ1v) is 5.83. The van der Waals surface area contributed by atoms with Crippen molar-refractivity contribution in [3.63, 3.8) is 0 Å². The monoisotopic (exact) mass is 205 g/mol. The van der Waals surface area contributed by atoms with Crippen LogP contribution in [-0.4, -0.2) is 17.8 Å². The molecule has 1 rings (SSSR count). The number of benzene rings is 1. The Morgan fingerprint density at radius 3 is 2.13 bits per heavy atom. The van der Waals surface area contributed by atoms with E-state index < -0.39 is 0 Å². The number of nitrogens with zero attached hydrogens (tertiary/aromatic N) is 2. The van der Waals surface area contributed by atoms with Gasteiger partial charge in [0.25, 0.3) is 0 Å². The molecular weight excluding hydrogens is 184 g/mol. The van der Waals surface area contributed by atoms with Crippen molar-refractivity contribution in [2.24, 2.45) is 5.11 Å². The summed E-state index contributed by atoms with van der Waals surface area (Å²) in [5, 5.41) is 4.61. The average Bonchev–Trinajstić information content (AvgIpc) is 2.28. The molecule has 0 saturated carbocycles. The zero-order chi connectivity index (χ0) is 10.9. The Hall–Kier alpha value is -1.18. The van der Waals surface area contributed by atoms with Crippen LogP contribution >= 0.6 is 0 Å². The molecule has 0 bridgehead atoms. The number of azo groups is 2. The molecule has 0 spiro atoms. The number of hydrogen-bond acceptors (Lipinski definition) is 1. The van der Waals surface area contributed by atoms with Crippen molar-refractivity contribution in [1.82, 2.24) is 0 Å². The topological polar surface area (TPSA) is 15.4 Å². The molecule has 0 aliphatic heterocycles. The molecule has 0 aliphatic carbocycles. The number of rotatable bonds is 6. The first kappa shape index (κ1) is 11.9. The maximum Gasteiger partial charge on any atom is 0.167 e. The summed E-state index contributed by atoms with van der Waals surface area (Å²) in [6.07, 6.45) is 2.33. The normalized spacial score (nSPS) is 10.0. The summed E-state index contributed by atoms with van der Waals surface area (Å²) in [4.78, 5) is 0. The molecule has 1 aromatic carbocycles. The molecule has 1 aromatic rings. The van der Waals surface area contributed by atoms with E-state index in [1.807, 2.05) is 6.07 Å². The van der Waals surface area contributed by atoms with Gasteiger partial charge >= 0.3 is 0 Å². The molecule has 2 nitrogen and oxygen atoms in total. The minimum absolute atomic E-state index is 0.806. The van der Waals surface area contributed by atoms with Crippen LogP contribution in [0.15, 0.2) is 35.4 Å². The summed E-state index contributed by atoms with van der Waals surface area (Å²) in [6.45, 7) is 7.34. The third-order valence-electron chi connectivity index (χ3n) is 2.26. The van der Waals surface area contributed by atoms with Gasteiger partial charge in [-0.05, 0) is 10.7 Å². The Kier molecular flexibility index (Phi) is 5.67. The van der Waals surface area contributed by atoms with Gasteiger partial charge in [0.15, 0.2) is 13.1 Å². The Labute approximate surface area is 92.6 Å². The largest absolute Gasteiger partial charge is 0.167 e. The highest BCUT2D eigenvalue weighted by Gasteiger charge is 2.02. The minimum atomic E-state index is 0.806. The van der Waals surface area contributed by atoms with Crippen LogP contribution in [0.4, 0.5) is 0 Å². The van der Waals surface area contributed by atoms with E-state index in [9.17, 15) is 0 Å². The van der Waals surface area contributed by atoms with E-state index in [1.165, 1.54) is 5.56 Å². The van der Waals surface area contributed by atoms with E-state index in [0.29, 0.717) is 0 Å². The molecule has 0 heterocycles. The number of hydrogen-bond donors (Lipinski definition) is 0. The summed E-state index contributed by atoms with van der Waals surface area (Å²) >= 11 is 0. The predicted octanol–water partition coefficient (Wildman–Crippen LogP) is 3.47. The second-order valence-electron chi connectivity index (χ2n) is 3.74. The summed E-state index contributed by atoms with van der Waals surface area (Å²) in [5.74, 6) is 0. The Morgan fingerprint density at radius 2 is 1.60 bits per heavy atom. The van der Waals surface area contributed by atoms with E-state index in [-0.39, 0.29) is 0 Å². The van der Waals surface area contributed by atoms with Crippen molar-refractivity contribution >= 4 is 0 Å². The van der Waals surface area contributed by atoms with Gasteiger partial charge in [-0.15, -0.1) is 4.70 Å². The average molecular weight is 205 g/mol. The fourth-order valence-electron chi connectivity index (χ4n) is 1.53. The molecule has 15 heavy (non-hydrogen) atoms. The van der Waals surface area contributed by atoms with Crippen LogP contribution in [0.2, 0.25) is 0 Å². The van der Waals surface area contributed by atoms with Crippen LogP contribution in [0.5, 0.6) is 0 Å². The van der Waals surface area contributed by atoms with E-state index in [2.05, 4.69) is 47.9 Å². The fourth-order valence-corrected chi connectivity index (χ4v) is 1.53. The molecule has 0 aromatic heterocycles. The van der Waals surface area contributed by atoms with Gasteiger partial charge in [0.2, 0.25) is 0 Å². The molecule has 0 amide bonds. The maximum absolute atomic E-state index is 4.61. The zero-order valence-corrected chi connectivity index (χ0v) is 9.82. The van der Waals surface area contributed by atoms with Crippen molar-refractivity contribution in [3.8, 4) is 0 Å². The molecule has 0 atom stereocenters. The van der Waals surface area contributed by atoms with Gasteiger partial charge in [-0.2, -0.15) is 0 Å². The molecule has 0 saturated heterocycles. The van der Waals surface area contributed by atoms with Crippen LogP contribution in [-0.2, 0) is 6.54 Å². The van der Waals surface area contributed by atoms with Gasteiger partial charge in [0.05, 0.1) is 0 Å². The first-order chi connectivity index (χ1) is 7.36. The van der Waals surface area contributed by atoms with Crippen LogP contribution in [0, 0.1) is 0 Å². The van der Waals surface area contributed by atoms with E-state index >= 15 is 0 Å². The second-order valence-corrected chi connectivity index (χ2v) is 3.74. The second kappa shape index (κ2) is 7.16. The summed E-state index contributed by atoms with van der Waals surface area (Å²) in [6, 6.07) is 10.4. The molecule has 0 fully saturated rings. The summed E-state index contributed by atoms with van der Waals surface area (Å²) in [7, 11) is 0. The summed E-state index contributed by atoms with van der Waals surface area (Å²) < 4.78 is 2.19. The van der Waals surface area contributed by atoms with Crippen molar-refractivity contribution < 1.29 is 4.70 Å². The Balaban J connectivity index is 2.53. The molecule has 0 aliphatic rings. The molecule has 2 heteroatoms. The van der Waals surface area contributed by atoms with Gasteiger partial charge in [0, 0.05) is 12.8 Å². The molecule has 82 valence electrons. The Morgan fingerprint density at radius 1 is 1.00 bits per heavy atom. The SMILES string of the molecule is CCC[N+](CCC)=NCc1ccccc1. The van der Waals surface area contributed by atoms with E-state index in [4.69, 9.17) is 0 Å². The highest BCUT2D eigenvalue weighted by molar-refractivity contribution is 5.13. The molecule has 0 radical (unpaired) electrons. The molecule has 0 unspecified atom stereocenters. The lowest BCUT2D eigenvalue weighted by molar-refractivity contribution is -0.595. The van der Waals surface area contributed by atoms with Crippen molar-refractivity contribution in [3.05, 3.63) is 35.9 Å². The van der Waals surface area contributed by atoms with Gasteiger partial charge < -0.3 is 0 Å². The smallest absolute Gasteiger partial charge is 0.127 e. The predicted molar refractivity (Wildman–Crippen MR) is 63.2 cm³/mol. The van der Waals surface area contributed by atoms with Gasteiger partial charge in [-0.3, -0.25) is 0 Å². The van der Waals surface area contributed by atoms with E-state index in [0.717, 1.165) is 32.5 Å². The third kappa shape index (κ3) is 4.73. The zero-order valence-electron chi connectivity index (χ0n) is 9.82. The van der Waals surface area contributed by atoms with Crippen LogP contribution in [0.1, 0.15) is 32.3 Å². The van der Waals surface area contributed by atoms with Crippen LogP contribution < -0.4 is 0 Å². The fraction of sp³-hybridized carbons (Fsp3) is 0.538. The van der Waals surface area contributed by atoms with Crippen molar-refractivity contribution in [2.45, 2.75) is 33.2 Å². The lowest BCUT2D eigenvalue weighted by Gasteiger charge is -1.98. The lowest BCUT2D eigenvalue weighted by atomic mass is 10.2. The van der Waals surface area contributed by atoms with E-state index in [1.54, 1.807) is 0 Å². The third-order valence-corrected chi connectivity index (χ3v) is 2.26. The highest BCUT2D eigenvalue weighted by Crippen LogP contribution is 2.01. The first-order valence-electron chi connectivity index (χ1n) is 5.83. The van der Waals surface area contributed by atoms with Gasteiger partial charge in [-0.1, -0.05) is 44.2 Å². The quantitative estimate of drug-likeness (QED) is 0.499. The summed E-state index contributed by atoms with van der Waals surface area (Å²) in [5.41, 5.74) is 1.29. The van der Waals surface area contributed by atoms with Crippen LogP contribution in [0.3, 0.4) is 0 Å². The molecule has 0 N–H and O–H groups in total. The van der Waals surface area contributed by atoms with Crippen molar-refractivity contribution in [2.75, 3.05) is 13.1 Å². The molecular formula is C13H21N2+. The standard InChI is InChI=1S/C13H21N2/c1-3-10-15(11-4-2)14-12-13-8-6-5-7-9-13/h5-9H,3-4,10-12H2,1-2H3/q+1. The van der Waals surface area contributed by atoms with Gasteiger partial charge in [0.1, 0.15) is 6.54 Å². The minimum Gasteiger partial charge on any atom is -0.127 e. The Bertz CT molecular complexity index is 283.